The third-order valence-corrected chi connectivity index (χ3v) is 2.49. The highest BCUT2D eigenvalue weighted by Crippen LogP contribution is 2.09. The van der Waals surface area contributed by atoms with Crippen LogP contribution >= 0.6 is 0 Å². The maximum atomic E-state index is 5.58. The molecule has 0 atom stereocenters. The molecule has 82 valence electrons. The first kappa shape index (κ1) is 12.0. The van der Waals surface area contributed by atoms with Crippen molar-refractivity contribution in [2.24, 2.45) is 5.73 Å². The lowest BCUT2D eigenvalue weighted by atomic mass is 10.1. The van der Waals surface area contributed by atoms with Gasteiger partial charge in [-0.05, 0) is 18.1 Å². The Morgan fingerprint density at radius 2 is 2.13 bits per heavy atom. The molecule has 0 aromatic heterocycles. The van der Waals surface area contributed by atoms with Crippen molar-refractivity contribution in [1.29, 1.82) is 0 Å². The fourth-order valence-corrected chi connectivity index (χ4v) is 1.63. The largest absolute Gasteiger partial charge is 0.329 e. The van der Waals surface area contributed by atoms with Crippen molar-refractivity contribution in [2.45, 2.75) is 13.5 Å². The topological polar surface area (TPSA) is 29.3 Å². The molecular formula is C13H20N2. The van der Waals surface area contributed by atoms with Gasteiger partial charge in [-0.2, -0.15) is 0 Å². The molecule has 2 nitrogen and oxygen atoms in total. The van der Waals surface area contributed by atoms with Crippen molar-refractivity contribution < 1.29 is 0 Å². The molecule has 1 rings (SSSR count). The van der Waals surface area contributed by atoms with Crippen LogP contribution in [0.5, 0.6) is 0 Å². The van der Waals surface area contributed by atoms with Gasteiger partial charge in [0.1, 0.15) is 0 Å². The summed E-state index contributed by atoms with van der Waals surface area (Å²) in [6.07, 6.45) is 1.92. The molecule has 0 saturated heterocycles. The summed E-state index contributed by atoms with van der Waals surface area (Å²) in [5, 5.41) is 0. The van der Waals surface area contributed by atoms with E-state index in [-0.39, 0.29) is 0 Å². The Balaban J connectivity index is 2.64. The zero-order chi connectivity index (χ0) is 11.1. The number of nitrogens with zero attached hydrogens (tertiary/aromatic N) is 1. The predicted molar refractivity (Wildman–Crippen MR) is 65.7 cm³/mol. The summed E-state index contributed by atoms with van der Waals surface area (Å²) in [5.74, 6) is 0. The average molecular weight is 204 g/mol. The van der Waals surface area contributed by atoms with Crippen molar-refractivity contribution in [3.8, 4) is 0 Å². The molecule has 0 aliphatic carbocycles. The molecule has 0 aliphatic rings. The standard InChI is InChI=1S/C13H20N2/c1-3-9-15(10-8-14)11-13-7-5-4-6-12(13)2/h3-7H,1,8-11,14H2,2H3. The quantitative estimate of drug-likeness (QED) is 0.718. The van der Waals surface area contributed by atoms with E-state index in [4.69, 9.17) is 5.73 Å². The van der Waals surface area contributed by atoms with Crippen LogP contribution in [0.2, 0.25) is 0 Å². The Hall–Kier alpha value is -1.12. The molecule has 2 N–H and O–H groups in total. The lowest BCUT2D eigenvalue weighted by molar-refractivity contribution is 0.302. The van der Waals surface area contributed by atoms with Crippen LogP contribution in [0.25, 0.3) is 0 Å². The van der Waals surface area contributed by atoms with E-state index in [2.05, 4.69) is 42.7 Å². The van der Waals surface area contributed by atoms with E-state index in [0.717, 1.165) is 19.6 Å². The molecule has 1 aromatic rings. The monoisotopic (exact) mass is 204 g/mol. The number of rotatable bonds is 6. The highest BCUT2D eigenvalue weighted by molar-refractivity contribution is 5.25. The number of nitrogens with two attached hydrogens (primary N) is 1. The fraction of sp³-hybridized carbons (Fsp3) is 0.385. The van der Waals surface area contributed by atoms with Gasteiger partial charge in [-0.25, -0.2) is 0 Å². The Kier molecular flexibility index (Phi) is 5.08. The second kappa shape index (κ2) is 6.38. The maximum Gasteiger partial charge on any atom is 0.0240 e. The van der Waals surface area contributed by atoms with Gasteiger partial charge in [0.2, 0.25) is 0 Å². The Labute approximate surface area is 92.4 Å². The summed E-state index contributed by atoms with van der Waals surface area (Å²) >= 11 is 0. The zero-order valence-corrected chi connectivity index (χ0v) is 9.45. The van der Waals surface area contributed by atoms with E-state index in [1.807, 2.05) is 6.08 Å². The molecule has 0 spiro atoms. The molecule has 0 unspecified atom stereocenters. The fourth-order valence-electron chi connectivity index (χ4n) is 1.63. The van der Waals surface area contributed by atoms with Crippen LogP contribution < -0.4 is 5.73 Å². The van der Waals surface area contributed by atoms with Gasteiger partial charge >= 0.3 is 0 Å². The van der Waals surface area contributed by atoms with Crippen molar-refractivity contribution in [2.75, 3.05) is 19.6 Å². The first-order valence-corrected chi connectivity index (χ1v) is 5.35. The third-order valence-electron chi connectivity index (χ3n) is 2.49. The second-order valence-corrected chi connectivity index (χ2v) is 3.74. The lowest BCUT2D eigenvalue weighted by Crippen LogP contribution is -2.29. The van der Waals surface area contributed by atoms with Gasteiger partial charge in [0.05, 0.1) is 0 Å². The molecule has 0 bridgehead atoms. The molecule has 0 radical (unpaired) electrons. The van der Waals surface area contributed by atoms with Crippen LogP contribution in [-0.2, 0) is 6.54 Å². The predicted octanol–water partition coefficient (Wildman–Crippen LogP) is 1.94. The van der Waals surface area contributed by atoms with Crippen molar-refractivity contribution in [3.63, 3.8) is 0 Å². The molecule has 0 saturated carbocycles. The molecule has 0 amide bonds. The van der Waals surface area contributed by atoms with E-state index >= 15 is 0 Å². The summed E-state index contributed by atoms with van der Waals surface area (Å²) in [7, 11) is 0. The van der Waals surface area contributed by atoms with Crippen molar-refractivity contribution >= 4 is 0 Å². The van der Waals surface area contributed by atoms with Crippen LogP contribution in [0, 0.1) is 6.92 Å². The molecule has 2 heteroatoms. The minimum Gasteiger partial charge on any atom is -0.329 e. The van der Waals surface area contributed by atoms with E-state index < -0.39 is 0 Å². The van der Waals surface area contributed by atoms with E-state index in [1.165, 1.54) is 11.1 Å². The van der Waals surface area contributed by atoms with Gasteiger partial charge in [0.15, 0.2) is 0 Å². The molecule has 0 fully saturated rings. The van der Waals surface area contributed by atoms with Gasteiger partial charge < -0.3 is 5.73 Å². The summed E-state index contributed by atoms with van der Waals surface area (Å²) in [4.78, 5) is 2.30. The lowest BCUT2D eigenvalue weighted by Gasteiger charge is -2.20. The van der Waals surface area contributed by atoms with E-state index in [9.17, 15) is 0 Å². The van der Waals surface area contributed by atoms with Crippen molar-refractivity contribution in [1.82, 2.24) is 4.90 Å². The number of aryl methyl sites for hydroxylation is 1. The maximum absolute atomic E-state index is 5.58. The molecular weight excluding hydrogens is 184 g/mol. The van der Waals surface area contributed by atoms with E-state index in [0.29, 0.717) is 6.54 Å². The van der Waals surface area contributed by atoms with Crippen LogP contribution in [0.4, 0.5) is 0 Å². The highest BCUT2D eigenvalue weighted by Gasteiger charge is 2.04. The Morgan fingerprint density at radius 1 is 1.40 bits per heavy atom. The molecule has 1 aromatic carbocycles. The smallest absolute Gasteiger partial charge is 0.0240 e. The minimum atomic E-state index is 0.694. The summed E-state index contributed by atoms with van der Waals surface area (Å²) in [6.45, 7) is 9.37. The zero-order valence-electron chi connectivity index (χ0n) is 9.45. The van der Waals surface area contributed by atoms with Gasteiger partial charge in [0.25, 0.3) is 0 Å². The molecule has 0 aliphatic heterocycles. The van der Waals surface area contributed by atoms with Gasteiger partial charge in [-0.3, -0.25) is 4.90 Å². The van der Waals surface area contributed by atoms with Crippen molar-refractivity contribution in [3.05, 3.63) is 48.0 Å². The summed E-state index contributed by atoms with van der Waals surface area (Å²) in [5.41, 5.74) is 8.28. The Bertz CT molecular complexity index is 307. The summed E-state index contributed by atoms with van der Waals surface area (Å²) in [6, 6.07) is 8.46. The van der Waals surface area contributed by atoms with Gasteiger partial charge in [-0.15, -0.1) is 6.58 Å². The highest BCUT2D eigenvalue weighted by atomic mass is 15.1. The van der Waals surface area contributed by atoms with Crippen LogP contribution in [0.1, 0.15) is 11.1 Å². The average Bonchev–Trinajstić information content (AvgIpc) is 2.22. The van der Waals surface area contributed by atoms with Gasteiger partial charge in [-0.1, -0.05) is 30.3 Å². The van der Waals surface area contributed by atoms with Crippen LogP contribution in [0.15, 0.2) is 36.9 Å². The summed E-state index contributed by atoms with van der Waals surface area (Å²) < 4.78 is 0. The number of benzene rings is 1. The minimum absolute atomic E-state index is 0.694. The van der Waals surface area contributed by atoms with Crippen LogP contribution in [0.3, 0.4) is 0 Å². The number of hydrogen-bond acceptors (Lipinski definition) is 2. The molecule has 0 heterocycles. The Morgan fingerprint density at radius 3 is 2.73 bits per heavy atom. The van der Waals surface area contributed by atoms with E-state index in [1.54, 1.807) is 0 Å². The number of hydrogen-bond donors (Lipinski definition) is 1. The van der Waals surface area contributed by atoms with Crippen LogP contribution in [-0.4, -0.2) is 24.5 Å². The first-order valence-electron chi connectivity index (χ1n) is 5.35. The first-order chi connectivity index (χ1) is 7.27. The molecule has 15 heavy (non-hydrogen) atoms. The third kappa shape index (κ3) is 3.86. The van der Waals surface area contributed by atoms with Gasteiger partial charge in [0, 0.05) is 26.2 Å². The second-order valence-electron chi connectivity index (χ2n) is 3.74. The SMILES string of the molecule is C=CCN(CCN)Cc1ccccc1C. The normalized spacial score (nSPS) is 10.6.